The van der Waals surface area contributed by atoms with Gasteiger partial charge in [-0.3, -0.25) is 0 Å². The Hall–Kier alpha value is -0.540. The van der Waals surface area contributed by atoms with E-state index in [1.165, 1.54) is 12.8 Å². The van der Waals surface area contributed by atoms with Gasteiger partial charge in [0.25, 0.3) is 0 Å². The summed E-state index contributed by atoms with van der Waals surface area (Å²) in [7, 11) is 0. The van der Waals surface area contributed by atoms with Crippen LogP contribution >= 0.6 is 12.4 Å². The molecule has 1 atom stereocenters. The van der Waals surface area contributed by atoms with Crippen molar-refractivity contribution in [2.24, 2.45) is 11.7 Å². The van der Waals surface area contributed by atoms with Crippen molar-refractivity contribution in [3.05, 3.63) is 17.5 Å². The summed E-state index contributed by atoms with van der Waals surface area (Å²) in [6.07, 6.45) is 4.18. The van der Waals surface area contributed by atoms with Crippen molar-refractivity contribution in [3.8, 4) is 0 Å². The van der Waals surface area contributed by atoms with Gasteiger partial charge in [-0.25, -0.2) is 0 Å². The number of hydrogen-bond acceptors (Lipinski definition) is 3. The molecule has 0 aliphatic heterocycles. The third kappa shape index (κ3) is 1.62. The molecule has 1 unspecified atom stereocenters. The van der Waals surface area contributed by atoms with Gasteiger partial charge in [0.05, 0.1) is 5.69 Å². The van der Waals surface area contributed by atoms with Crippen molar-refractivity contribution in [2.45, 2.75) is 25.8 Å². The molecule has 0 amide bonds. The molecule has 1 aromatic rings. The van der Waals surface area contributed by atoms with Crippen LogP contribution in [0.25, 0.3) is 0 Å². The Balaban J connectivity index is 0.000000720. The summed E-state index contributed by atoms with van der Waals surface area (Å²) in [5.74, 6) is 0.674. The minimum Gasteiger partial charge on any atom is -0.364 e. The van der Waals surface area contributed by atoms with Crippen LogP contribution in [0.15, 0.2) is 10.8 Å². The molecule has 0 radical (unpaired) electrons. The summed E-state index contributed by atoms with van der Waals surface area (Å²) in [6.45, 7) is 1.93. The zero-order valence-electron chi connectivity index (χ0n) is 6.99. The lowest BCUT2D eigenvalue weighted by atomic mass is 10.1. The quantitative estimate of drug-likeness (QED) is 0.770. The van der Waals surface area contributed by atoms with E-state index in [0.29, 0.717) is 5.92 Å². The van der Waals surface area contributed by atoms with Crippen LogP contribution in [-0.2, 0) is 0 Å². The molecule has 0 saturated heterocycles. The second kappa shape index (κ2) is 3.46. The van der Waals surface area contributed by atoms with Crippen LogP contribution in [0.4, 0.5) is 0 Å². The van der Waals surface area contributed by atoms with E-state index >= 15 is 0 Å². The van der Waals surface area contributed by atoms with Crippen LogP contribution in [0, 0.1) is 12.8 Å². The highest BCUT2D eigenvalue weighted by Gasteiger charge is 2.31. The van der Waals surface area contributed by atoms with Crippen molar-refractivity contribution in [2.75, 3.05) is 0 Å². The van der Waals surface area contributed by atoms with Crippen LogP contribution in [0.5, 0.6) is 0 Å². The Kier molecular flexibility index (Phi) is 2.75. The van der Waals surface area contributed by atoms with E-state index in [1.54, 1.807) is 6.26 Å². The summed E-state index contributed by atoms with van der Waals surface area (Å²) >= 11 is 0. The van der Waals surface area contributed by atoms with Crippen molar-refractivity contribution in [1.29, 1.82) is 0 Å². The molecule has 2 N–H and O–H groups in total. The van der Waals surface area contributed by atoms with Gasteiger partial charge in [-0.1, -0.05) is 5.16 Å². The van der Waals surface area contributed by atoms with Crippen LogP contribution in [0.3, 0.4) is 0 Å². The molecule has 1 fully saturated rings. The molecule has 1 aliphatic rings. The number of nitrogens with two attached hydrogens (primary N) is 1. The maximum absolute atomic E-state index is 5.95. The zero-order valence-corrected chi connectivity index (χ0v) is 7.80. The van der Waals surface area contributed by atoms with Crippen LogP contribution in [-0.4, -0.2) is 5.16 Å². The molecule has 0 spiro atoms. The topological polar surface area (TPSA) is 52.0 Å². The smallest absolute Gasteiger partial charge is 0.128 e. The van der Waals surface area contributed by atoms with Gasteiger partial charge >= 0.3 is 0 Å². The van der Waals surface area contributed by atoms with Gasteiger partial charge < -0.3 is 10.3 Å². The van der Waals surface area contributed by atoms with Crippen molar-refractivity contribution in [1.82, 2.24) is 5.16 Å². The fourth-order valence-electron chi connectivity index (χ4n) is 1.33. The number of nitrogens with zero attached hydrogens (tertiary/aromatic N) is 1. The summed E-state index contributed by atoms with van der Waals surface area (Å²) < 4.78 is 4.81. The van der Waals surface area contributed by atoms with Gasteiger partial charge in [-0.2, -0.15) is 0 Å². The first-order chi connectivity index (χ1) is 5.29. The SMILES string of the molecule is Cc1nocc1C(N)C1CC1.Cl. The Bertz CT molecular complexity index is 257. The predicted molar refractivity (Wildman–Crippen MR) is 48.1 cm³/mol. The molecule has 1 heterocycles. The first-order valence-corrected chi connectivity index (χ1v) is 3.95. The van der Waals surface area contributed by atoms with Gasteiger partial charge in [0.1, 0.15) is 6.26 Å². The fraction of sp³-hybridized carbons (Fsp3) is 0.625. The van der Waals surface area contributed by atoms with Gasteiger partial charge in [0, 0.05) is 11.6 Å². The normalized spacial score (nSPS) is 18.5. The third-order valence-corrected chi connectivity index (χ3v) is 2.28. The summed E-state index contributed by atoms with van der Waals surface area (Å²) in [6, 6.07) is 0.154. The van der Waals surface area contributed by atoms with E-state index < -0.39 is 0 Å². The second-order valence-electron chi connectivity index (χ2n) is 3.22. The molecule has 3 nitrogen and oxygen atoms in total. The third-order valence-electron chi connectivity index (χ3n) is 2.28. The van der Waals surface area contributed by atoms with E-state index in [1.807, 2.05) is 6.92 Å². The van der Waals surface area contributed by atoms with Crippen molar-refractivity contribution in [3.63, 3.8) is 0 Å². The van der Waals surface area contributed by atoms with E-state index in [9.17, 15) is 0 Å². The first kappa shape index (κ1) is 9.55. The molecule has 2 rings (SSSR count). The fourth-order valence-corrected chi connectivity index (χ4v) is 1.33. The minimum atomic E-state index is 0. The lowest BCUT2D eigenvalue weighted by molar-refractivity contribution is 0.413. The molecule has 1 aromatic heterocycles. The largest absolute Gasteiger partial charge is 0.364 e. The number of halogens is 1. The van der Waals surface area contributed by atoms with Crippen LogP contribution in [0.1, 0.15) is 30.1 Å². The summed E-state index contributed by atoms with van der Waals surface area (Å²) in [5, 5.41) is 3.79. The molecule has 68 valence electrons. The predicted octanol–water partition coefficient (Wildman–Crippen LogP) is 1.81. The lowest BCUT2D eigenvalue weighted by Crippen LogP contribution is -2.12. The summed E-state index contributed by atoms with van der Waals surface area (Å²) in [5.41, 5.74) is 7.96. The van der Waals surface area contributed by atoms with E-state index in [0.717, 1.165) is 11.3 Å². The molecule has 1 aliphatic carbocycles. The van der Waals surface area contributed by atoms with Crippen molar-refractivity contribution >= 4 is 12.4 Å². The highest BCUT2D eigenvalue weighted by Crippen LogP contribution is 2.39. The Labute approximate surface area is 77.7 Å². The first-order valence-electron chi connectivity index (χ1n) is 3.95. The lowest BCUT2D eigenvalue weighted by Gasteiger charge is -2.06. The Morgan fingerprint density at radius 2 is 2.33 bits per heavy atom. The monoisotopic (exact) mass is 188 g/mol. The number of hydrogen-bond donors (Lipinski definition) is 1. The van der Waals surface area contributed by atoms with Gasteiger partial charge in [-0.05, 0) is 25.7 Å². The second-order valence-corrected chi connectivity index (χ2v) is 3.22. The Morgan fingerprint density at radius 3 is 2.75 bits per heavy atom. The van der Waals surface area contributed by atoms with E-state index in [4.69, 9.17) is 10.3 Å². The van der Waals surface area contributed by atoms with Gasteiger partial charge in [-0.15, -0.1) is 12.4 Å². The molecule has 12 heavy (non-hydrogen) atoms. The molecule has 4 heteroatoms. The highest BCUT2D eigenvalue weighted by molar-refractivity contribution is 5.85. The number of aromatic nitrogens is 1. The van der Waals surface area contributed by atoms with Crippen LogP contribution in [0.2, 0.25) is 0 Å². The maximum Gasteiger partial charge on any atom is 0.128 e. The van der Waals surface area contributed by atoms with E-state index in [2.05, 4.69) is 5.16 Å². The average Bonchev–Trinajstić information content (AvgIpc) is 2.74. The standard InChI is InChI=1S/C8H12N2O.ClH/c1-5-7(4-11-10-5)8(9)6-2-3-6;/h4,6,8H,2-3,9H2,1H3;1H. The molecule has 0 bridgehead atoms. The molecule has 0 aromatic carbocycles. The van der Waals surface area contributed by atoms with Gasteiger partial charge in [0.2, 0.25) is 0 Å². The maximum atomic E-state index is 5.95. The van der Waals surface area contributed by atoms with Gasteiger partial charge in [0.15, 0.2) is 0 Å². The zero-order chi connectivity index (χ0) is 7.84. The average molecular weight is 189 g/mol. The highest BCUT2D eigenvalue weighted by atomic mass is 35.5. The van der Waals surface area contributed by atoms with E-state index in [-0.39, 0.29) is 18.4 Å². The summed E-state index contributed by atoms with van der Waals surface area (Å²) in [4.78, 5) is 0. The molecular formula is C8H13ClN2O. The minimum absolute atomic E-state index is 0. The Morgan fingerprint density at radius 1 is 1.67 bits per heavy atom. The van der Waals surface area contributed by atoms with Crippen LogP contribution < -0.4 is 5.73 Å². The number of rotatable bonds is 2. The molecule has 1 saturated carbocycles. The number of aryl methyl sites for hydroxylation is 1. The molecular weight excluding hydrogens is 176 g/mol. The van der Waals surface area contributed by atoms with Crippen molar-refractivity contribution < 1.29 is 4.52 Å².